The number of hydrogen-bond donors (Lipinski definition) is 1. The van der Waals surface area contributed by atoms with Crippen molar-refractivity contribution in [3.8, 4) is 0 Å². The highest BCUT2D eigenvalue weighted by Crippen LogP contribution is 2.12. The summed E-state index contributed by atoms with van der Waals surface area (Å²) in [7, 11) is 1.28. The number of rotatable bonds is 5. The average molecular weight is 287 g/mol. The van der Waals surface area contributed by atoms with E-state index in [1.807, 2.05) is 25.1 Å². The molecule has 0 saturated heterocycles. The Morgan fingerprint density at radius 2 is 2.00 bits per heavy atom. The summed E-state index contributed by atoms with van der Waals surface area (Å²) < 4.78 is 18.4. The number of ether oxygens (including phenoxy) is 1. The zero-order chi connectivity index (χ0) is 15.2. The van der Waals surface area contributed by atoms with Gasteiger partial charge in [-0.2, -0.15) is 0 Å². The summed E-state index contributed by atoms with van der Waals surface area (Å²) in [6.07, 6.45) is 0. The van der Waals surface area contributed by atoms with Gasteiger partial charge in [0.25, 0.3) is 0 Å². The number of nitrogens with one attached hydrogen (secondary N) is 1. The van der Waals surface area contributed by atoms with E-state index < -0.39 is 11.8 Å². The second-order valence-corrected chi connectivity index (χ2v) is 4.89. The van der Waals surface area contributed by atoms with Crippen LogP contribution in [0.3, 0.4) is 0 Å². The van der Waals surface area contributed by atoms with Crippen LogP contribution in [0.1, 0.15) is 27.0 Å². The van der Waals surface area contributed by atoms with Crippen molar-refractivity contribution < 1.29 is 13.9 Å². The predicted molar refractivity (Wildman–Crippen MR) is 79.5 cm³/mol. The third-order valence-corrected chi connectivity index (χ3v) is 3.20. The van der Waals surface area contributed by atoms with Gasteiger partial charge in [0, 0.05) is 18.7 Å². The molecule has 0 heterocycles. The molecule has 2 aromatic carbocycles. The quantitative estimate of drug-likeness (QED) is 0.858. The van der Waals surface area contributed by atoms with Gasteiger partial charge in [-0.3, -0.25) is 0 Å². The molecule has 0 amide bonds. The van der Waals surface area contributed by atoms with Gasteiger partial charge in [-0.1, -0.05) is 35.9 Å². The zero-order valence-corrected chi connectivity index (χ0v) is 12.2. The highest BCUT2D eigenvalue weighted by Gasteiger charge is 2.09. The van der Waals surface area contributed by atoms with Crippen LogP contribution in [0.15, 0.2) is 42.5 Å². The van der Waals surface area contributed by atoms with E-state index in [4.69, 9.17) is 0 Å². The highest BCUT2D eigenvalue weighted by atomic mass is 19.1. The van der Waals surface area contributed by atoms with Gasteiger partial charge < -0.3 is 10.1 Å². The smallest absolute Gasteiger partial charge is 0.337 e. The lowest BCUT2D eigenvalue weighted by Crippen LogP contribution is -2.14. The van der Waals surface area contributed by atoms with E-state index in [0.717, 1.165) is 5.56 Å². The van der Waals surface area contributed by atoms with E-state index in [1.165, 1.54) is 18.7 Å². The maximum absolute atomic E-state index is 13.9. The number of aryl methyl sites for hydroxylation is 1. The van der Waals surface area contributed by atoms with E-state index >= 15 is 0 Å². The van der Waals surface area contributed by atoms with Gasteiger partial charge in [-0.15, -0.1) is 0 Å². The third kappa shape index (κ3) is 4.13. The first-order valence-corrected chi connectivity index (χ1v) is 6.73. The van der Waals surface area contributed by atoms with E-state index in [0.29, 0.717) is 18.7 Å². The Morgan fingerprint density at radius 1 is 1.19 bits per heavy atom. The molecule has 0 aliphatic rings. The second-order valence-electron chi connectivity index (χ2n) is 4.89. The molecule has 0 aromatic heterocycles. The normalized spacial score (nSPS) is 10.4. The fraction of sp³-hybridized carbons (Fsp3) is 0.235. The van der Waals surface area contributed by atoms with Crippen LogP contribution in [0, 0.1) is 12.7 Å². The summed E-state index contributed by atoms with van der Waals surface area (Å²) in [5, 5.41) is 3.19. The molecule has 0 aliphatic heterocycles. The van der Waals surface area contributed by atoms with E-state index in [1.54, 1.807) is 12.1 Å². The number of methoxy groups -OCH3 is 1. The number of esters is 1. The predicted octanol–water partition coefficient (Wildman–Crippen LogP) is 3.21. The van der Waals surface area contributed by atoms with Crippen LogP contribution in [-0.4, -0.2) is 13.1 Å². The van der Waals surface area contributed by atoms with Crippen molar-refractivity contribution in [2.45, 2.75) is 20.0 Å². The molecular weight excluding hydrogens is 269 g/mol. The molecule has 0 fully saturated rings. The minimum atomic E-state index is -0.534. The summed E-state index contributed by atoms with van der Waals surface area (Å²) in [5.74, 6) is -0.942. The molecule has 110 valence electrons. The lowest BCUT2D eigenvalue weighted by molar-refractivity contribution is 0.0600. The molecule has 0 atom stereocenters. The number of halogens is 1. The minimum absolute atomic E-state index is 0.220. The third-order valence-electron chi connectivity index (χ3n) is 3.20. The molecule has 2 rings (SSSR count). The van der Waals surface area contributed by atoms with Crippen molar-refractivity contribution in [1.82, 2.24) is 5.32 Å². The van der Waals surface area contributed by atoms with Crippen LogP contribution < -0.4 is 5.32 Å². The SMILES string of the molecule is COC(=O)c1ccc(CNCc2cccc(C)c2)c(F)c1. The van der Waals surface area contributed by atoms with Crippen molar-refractivity contribution in [2.75, 3.05) is 7.11 Å². The Balaban J connectivity index is 1.96. The first kappa shape index (κ1) is 15.2. The summed E-state index contributed by atoms with van der Waals surface area (Å²) >= 11 is 0. The van der Waals surface area contributed by atoms with Crippen LogP contribution in [0.4, 0.5) is 4.39 Å². The number of carbonyl (C=O) groups excluding carboxylic acids is 1. The Bertz CT molecular complexity index is 640. The van der Waals surface area contributed by atoms with Crippen LogP contribution in [0.5, 0.6) is 0 Å². The number of benzene rings is 2. The molecule has 4 heteroatoms. The van der Waals surface area contributed by atoms with Gasteiger partial charge in [0.05, 0.1) is 12.7 Å². The van der Waals surface area contributed by atoms with E-state index in [-0.39, 0.29) is 5.56 Å². The maximum atomic E-state index is 13.9. The van der Waals surface area contributed by atoms with Crippen LogP contribution >= 0.6 is 0 Å². The fourth-order valence-corrected chi connectivity index (χ4v) is 2.10. The Kier molecular flexibility index (Phi) is 5.06. The molecule has 0 bridgehead atoms. The first-order valence-electron chi connectivity index (χ1n) is 6.73. The minimum Gasteiger partial charge on any atom is -0.465 e. The molecular formula is C17H18FNO2. The maximum Gasteiger partial charge on any atom is 0.337 e. The molecule has 0 unspecified atom stereocenters. The van der Waals surface area contributed by atoms with E-state index in [9.17, 15) is 9.18 Å². The van der Waals surface area contributed by atoms with Crippen molar-refractivity contribution in [2.24, 2.45) is 0 Å². The lowest BCUT2D eigenvalue weighted by atomic mass is 10.1. The van der Waals surface area contributed by atoms with Crippen molar-refractivity contribution in [1.29, 1.82) is 0 Å². The molecule has 0 aliphatic carbocycles. The van der Waals surface area contributed by atoms with Gasteiger partial charge >= 0.3 is 5.97 Å². The molecule has 2 aromatic rings. The highest BCUT2D eigenvalue weighted by molar-refractivity contribution is 5.89. The Morgan fingerprint density at radius 3 is 2.67 bits per heavy atom. The molecule has 21 heavy (non-hydrogen) atoms. The summed E-state index contributed by atoms with van der Waals surface area (Å²) in [6.45, 7) is 3.11. The summed E-state index contributed by atoms with van der Waals surface area (Å²) in [4.78, 5) is 11.3. The number of hydrogen-bond acceptors (Lipinski definition) is 3. The van der Waals surface area contributed by atoms with Crippen LogP contribution in [0.25, 0.3) is 0 Å². The Hall–Kier alpha value is -2.20. The lowest BCUT2D eigenvalue weighted by Gasteiger charge is -2.08. The second kappa shape index (κ2) is 6.99. The van der Waals surface area contributed by atoms with Gasteiger partial charge in [0.2, 0.25) is 0 Å². The van der Waals surface area contributed by atoms with Gasteiger partial charge in [0.1, 0.15) is 5.82 Å². The topological polar surface area (TPSA) is 38.3 Å². The van der Waals surface area contributed by atoms with Gasteiger partial charge in [-0.25, -0.2) is 9.18 Å². The largest absolute Gasteiger partial charge is 0.465 e. The Labute approximate surface area is 123 Å². The summed E-state index contributed by atoms with van der Waals surface area (Å²) in [6, 6.07) is 12.5. The van der Waals surface area contributed by atoms with Crippen molar-refractivity contribution in [3.63, 3.8) is 0 Å². The van der Waals surface area contributed by atoms with Gasteiger partial charge in [-0.05, 0) is 24.6 Å². The molecule has 0 saturated carbocycles. The molecule has 0 radical (unpaired) electrons. The first-order chi connectivity index (χ1) is 10.1. The fourth-order valence-electron chi connectivity index (χ4n) is 2.10. The molecule has 3 nitrogen and oxygen atoms in total. The zero-order valence-electron chi connectivity index (χ0n) is 12.2. The number of carbonyl (C=O) groups is 1. The van der Waals surface area contributed by atoms with Crippen molar-refractivity contribution in [3.05, 3.63) is 70.5 Å². The standard InChI is InChI=1S/C17H18FNO2/c1-12-4-3-5-13(8-12)10-19-11-15-7-6-14(9-16(15)18)17(20)21-2/h3-9,19H,10-11H2,1-2H3. The van der Waals surface area contributed by atoms with E-state index in [2.05, 4.69) is 16.1 Å². The van der Waals surface area contributed by atoms with Gasteiger partial charge in [0.15, 0.2) is 0 Å². The molecule has 1 N–H and O–H groups in total. The molecule has 0 spiro atoms. The monoisotopic (exact) mass is 287 g/mol. The summed E-state index contributed by atoms with van der Waals surface area (Å²) in [5.41, 5.74) is 3.09. The average Bonchev–Trinajstić information content (AvgIpc) is 2.48. The van der Waals surface area contributed by atoms with Crippen molar-refractivity contribution >= 4 is 5.97 Å². The van der Waals surface area contributed by atoms with Crippen LogP contribution in [-0.2, 0) is 17.8 Å². The van der Waals surface area contributed by atoms with Crippen LogP contribution in [0.2, 0.25) is 0 Å².